The van der Waals surface area contributed by atoms with E-state index in [0.29, 0.717) is 18.5 Å². The first-order chi connectivity index (χ1) is 12.4. The van der Waals surface area contributed by atoms with Gasteiger partial charge < -0.3 is 10.6 Å². The van der Waals surface area contributed by atoms with Gasteiger partial charge in [-0.05, 0) is 49.1 Å². The Morgan fingerprint density at radius 2 is 1.81 bits per heavy atom. The second kappa shape index (κ2) is 9.13. The molecular formula is C21H25FN2O2. The average molecular weight is 356 g/mol. The summed E-state index contributed by atoms with van der Waals surface area (Å²) in [5.74, 6) is -0.859. The summed E-state index contributed by atoms with van der Waals surface area (Å²) in [6.45, 7) is 6.06. The van der Waals surface area contributed by atoms with Crippen LogP contribution in [-0.4, -0.2) is 24.4 Å². The summed E-state index contributed by atoms with van der Waals surface area (Å²) in [6.07, 6.45) is 0.528. The molecule has 2 aromatic rings. The summed E-state index contributed by atoms with van der Waals surface area (Å²) in [6, 6.07) is 12.9. The lowest BCUT2D eigenvalue weighted by molar-refractivity contribution is -0.123. The number of carbonyl (C=O) groups excluding carboxylic acids is 2. The number of carbonyl (C=O) groups is 2. The Bertz CT molecular complexity index is 774. The van der Waals surface area contributed by atoms with Gasteiger partial charge in [-0.1, -0.05) is 43.7 Å². The van der Waals surface area contributed by atoms with E-state index in [1.165, 1.54) is 12.1 Å². The highest BCUT2D eigenvalue weighted by atomic mass is 19.1. The van der Waals surface area contributed by atoms with Crippen molar-refractivity contribution in [3.8, 4) is 0 Å². The van der Waals surface area contributed by atoms with Crippen molar-refractivity contribution < 1.29 is 14.0 Å². The fraction of sp³-hybridized carbons (Fsp3) is 0.333. The van der Waals surface area contributed by atoms with E-state index in [4.69, 9.17) is 0 Å². The largest absolute Gasteiger partial charge is 0.354 e. The normalized spacial score (nSPS) is 11.9. The van der Waals surface area contributed by atoms with E-state index in [1.54, 1.807) is 18.2 Å². The van der Waals surface area contributed by atoms with E-state index < -0.39 is 6.04 Å². The topological polar surface area (TPSA) is 58.2 Å². The molecule has 1 atom stereocenters. The molecule has 2 amide bonds. The quantitative estimate of drug-likeness (QED) is 0.800. The number of aryl methyl sites for hydroxylation is 1. The van der Waals surface area contributed by atoms with Gasteiger partial charge >= 0.3 is 0 Å². The molecule has 138 valence electrons. The number of amides is 2. The molecule has 0 aliphatic heterocycles. The Morgan fingerprint density at radius 3 is 2.46 bits per heavy atom. The van der Waals surface area contributed by atoms with Crippen molar-refractivity contribution in [3.05, 3.63) is 71.0 Å². The second-order valence-electron chi connectivity index (χ2n) is 6.74. The van der Waals surface area contributed by atoms with E-state index in [2.05, 4.69) is 10.6 Å². The van der Waals surface area contributed by atoms with E-state index >= 15 is 0 Å². The summed E-state index contributed by atoms with van der Waals surface area (Å²) in [4.78, 5) is 24.9. The molecule has 26 heavy (non-hydrogen) atoms. The van der Waals surface area contributed by atoms with Crippen LogP contribution in [0.5, 0.6) is 0 Å². The van der Waals surface area contributed by atoms with Gasteiger partial charge in [-0.3, -0.25) is 9.59 Å². The molecule has 0 aliphatic carbocycles. The number of hydrogen-bond acceptors (Lipinski definition) is 2. The van der Waals surface area contributed by atoms with Crippen LogP contribution in [0.1, 0.15) is 35.3 Å². The van der Waals surface area contributed by atoms with E-state index in [0.717, 1.165) is 11.1 Å². The minimum Gasteiger partial charge on any atom is -0.354 e. The van der Waals surface area contributed by atoms with E-state index in [-0.39, 0.29) is 23.5 Å². The summed E-state index contributed by atoms with van der Waals surface area (Å²) < 4.78 is 13.2. The zero-order valence-corrected chi connectivity index (χ0v) is 15.4. The molecule has 0 saturated carbocycles. The molecule has 0 aromatic heterocycles. The maximum absolute atomic E-state index is 13.2. The molecule has 0 bridgehead atoms. The lowest BCUT2D eigenvalue weighted by atomic mass is 10.0. The third-order valence-electron chi connectivity index (χ3n) is 4.12. The number of benzene rings is 2. The summed E-state index contributed by atoms with van der Waals surface area (Å²) >= 11 is 0. The fourth-order valence-corrected chi connectivity index (χ4v) is 2.68. The Morgan fingerprint density at radius 1 is 1.08 bits per heavy atom. The van der Waals surface area contributed by atoms with Crippen LogP contribution in [0.15, 0.2) is 48.5 Å². The molecule has 1 unspecified atom stereocenters. The van der Waals surface area contributed by atoms with Gasteiger partial charge in [0.1, 0.15) is 11.9 Å². The average Bonchev–Trinajstić information content (AvgIpc) is 2.59. The molecule has 2 rings (SSSR count). The molecule has 0 fully saturated rings. The van der Waals surface area contributed by atoms with Gasteiger partial charge in [0.25, 0.3) is 5.91 Å². The maximum atomic E-state index is 13.2. The Balaban J connectivity index is 1.93. The third-order valence-corrected chi connectivity index (χ3v) is 4.12. The van der Waals surface area contributed by atoms with Crippen LogP contribution in [0.25, 0.3) is 0 Å². The zero-order chi connectivity index (χ0) is 19.1. The maximum Gasteiger partial charge on any atom is 0.251 e. The number of hydrogen-bond donors (Lipinski definition) is 2. The third kappa shape index (κ3) is 5.69. The summed E-state index contributed by atoms with van der Waals surface area (Å²) in [5.41, 5.74) is 2.33. The molecule has 4 nitrogen and oxygen atoms in total. The van der Waals surface area contributed by atoms with Crippen molar-refractivity contribution in [3.63, 3.8) is 0 Å². The Hall–Kier alpha value is -2.69. The number of nitrogens with one attached hydrogen (secondary N) is 2. The zero-order valence-electron chi connectivity index (χ0n) is 15.4. The van der Waals surface area contributed by atoms with Crippen molar-refractivity contribution in [2.75, 3.05) is 6.54 Å². The minimum absolute atomic E-state index is 0.0575. The number of rotatable bonds is 7. The first kappa shape index (κ1) is 19.6. The van der Waals surface area contributed by atoms with E-state index in [9.17, 15) is 14.0 Å². The van der Waals surface area contributed by atoms with Crippen molar-refractivity contribution in [1.29, 1.82) is 0 Å². The van der Waals surface area contributed by atoms with Crippen LogP contribution in [0.3, 0.4) is 0 Å². The highest BCUT2D eigenvalue weighted by molar-refractivity contribution is 5.97. The van der Waals surface area contributed by atoms with Crippen molar-refractivity contribution in [1.82, 2.24) is 10.6 Å². The van der Waals surface area contributed by atoms with Gasteiger partial charge in [0, 0.05) is 12.1 Å². The SMILES string of the molecule is Cc1cccc(C(=O)NC(C(=O)NCCc2cccc(F)c2)C(C)C)c1. The predicted molar refractivity (Wildman–Crippen MR) is 100 cm³/mol. The predicted octanol–water partition coefficient (Wildman–Crippen LogP) is 3.25. The molecule has 5 heteroatoms. The lowest BCUT2D eigenvalue weighted by Gasteiger charge is -2.22. The Labute approximate surface area is 153 Å². The van der Waals surface area contributed by atoms with Crippen molar-refractivity contribution in [2.24, 2.45) is 5.92 Å². The van der Waals surface area contributed by atoms with Crippen LogP contribution in [0.4, 0.5) is 4.39 Å². The molecular weight excluding hydrogens is 331 g/mol. The van der Waals surface area contributed by atoms with Crippen LogP contribution in [0.2, 0.25) is 0 Å². The molecule has 0 saturated heterocycles. The molecule has 0 radical (unpaired) electrons. The Kier molecular flexibility index (Phi) is 6.89. The van der Waals surface area contributed by atoms with Crippen LogP contribution < -0.4 is 10.6 Å². The smallest absolute Gasteiger partial charge is 0.251 e. The first-order valence-corrected chi connectivity index (χ1v) is 8.76. The van der Waals surface area contributed by atoms with Crippen LogP contribution in [-0.2, 0) is 11.2 Å². The van der Waals surface area contributed by atoms with Gasteiger partial charge in [0.05, 0.1) is 0 Å². The van der Waals surface area contributed by atoms with Gasteiger partial charge in [-0.25, -0.2) is 4.39 Å². The fourth-order valence-electron chi connectivity index (χ4n) is 2.68. The molecule has 0 heterocycles. The van der Waals surface area contributed by atoms with Crippen LogP contribution in [0, 0.1) is 18.7 Å². The van der Waals surface area contributed by atoms with Gasteiger partial charge in [0.2, 0.25) is 5.91 Å². The highest BCUT2D eigenvalue weighted by Gasteiger charge is 2.24. The van der Waals surface area contributed by atoms with Crippen molar-refractivity contribution >= 4 is 11.8 Å². The number of halogens is 1. The van der Waals surface area contributed by atoms with Crippen LogP contribution >= 0.6 is 0 Å². The first-order valence-electron chi connectivity index (χ1n) is 8.76. The van der Waals surface area contributed by atoms with Gasteiger partial charge in [-0.2, -0.15) is 0 Å². The lowest BCUT2D eigenvalue weighted by Crippen LogP contribution is -2.50. The van der Waals surface area contributed by atoms with Gasteiger partial charge in [0.15, 0.2) is 0 Å². The molecule has 0 spiro atoms. The monoisotopic (exact) mass is 356 g/mol. The molecule has 0 aliphatic rings. The summed E-state index contributed by atoms with van der Waals surface area (Å²) in [7, 11) is 0. The second-order valence-corrected chi connectivity index (χ2v) is 6.74. The summed E-state index contributed by atoms with van der Waals surface area (Å²) in [5, 5.41) is 5.63. The molecule has 2 aromatic carbocycles. The highest BCUT2D eigenvalue weighted by Crippen LogP contribution is 2.08. The van der Waals surface area contributed by atoms with Gasteiger partial charge in [-0.15, -0.1) is 0 Å². The molecule has 2 N–H and O–H groups in total. The van der Waals surface area contributed by atoms with E-state index in [1.807, 2.05) is 39.0 Å². The minimum atomic E-state index is -0.629. The van der Waals surface area contributed by atoms with Crippen molar-refractivity contribution in [2.45, 2.75) is 33.2 Å². The standard InChI is InChI=1S/C21H25FN2O2/c1-14(2)19(24-20(25)17-8-4-6-15(3)12-17)21(26)23-11-10-16-7-5-9-18(22)13-16/h4-9,12-14,19H,10-11H2,1-3H3,(H,23,26)(H,24,25).